The van der Waals surface area contributed by atoms with Gasteiger partial charge in [0.2, 0.25) is 0 Å². The molecule has 1 aromatic carbocycles. The zero-order valence-corrected chi connectivity index (χ0v) is 16.0. The van der Waals surface area contributed by atoms with Crippen molar-refractivity contribution in [2.24, 2.45) is 10.8 Å². The second kappa shape index (κ2) is 9.54. The van der Waals surface area contributed by atoms with E-state index in [-0.39, 0.29) is 38.3 Å². The summed E-state index contributed by atoms with van der Waals surface area (Å²) in [6, 6.07) is 5.96. The molecular formula is C15H11Cl3N4O3S. The van der Waals surface area contributed by atoms with Crippen molar-refractivity contribution in [3.63, 3.8) is 0 Å². The molecule has 7 nitrogen and oxygen atoms in total. The zero-order chi connectivity index (χ0) is 19.1. The molecule has 2 rings (SSSR count). The second-order valence-electron chi connectivity index (χ2n) is 4.61. The van der Waals surface area contributed by atoms with Crippen LogP contribution >= 0.6 is 47.0 Å². The van der Waals surface area contributed by atoms with Crippen molar-refractivity contribution in [2.75, 3.05) is 6.61 Å². The molecule has 1 heterocycles. The zero-order valence-electron chi connectivity index (χ0n) is 12.9. The first-order chi connectivity index (χ1) is 12.3. The molecule has 2 aromatic rings. The van der Waals surface area contributed by atoms with E-state index in [0.717, 1.165) is 0 Å². The maximum atomic E-state index is 11.8. The van der Waals surface area contributed by atoms with Gasteiger partial charge in [0, 0.05) is 6.07 Å². The first-order valence-electron chi connectivity index (χ1n) is 6.87. The van der Waals surface area contributed by atoms with Gasteiger partial charge < -0.3 is 15.2 Å². The number of benzene rings is 1. The summed E-state index contributed by atoms with van der Waals surface area (Å²) in [6.45, 7) is -0.376. The number of ether oxygens (including phenoxy) is 2. The Morgan fingerprint density at radius 1 is 1.27 bits per heavy atom. The van der Waals surface area contributed by atoms with Crippen molar-refractivity contribution >= 4 is 64.3 Å². The first kappa shape index (κ1) is 20.2. The number of thiocarbonyl (C=S) groups is 1. The van der Waals surface area contributed by atoms with E-state index in [4.69, 9.17) is 50.0 Å². The topological polar surface area (TPSA) is 98.8 Å². The molecule has 0 amide bonds. The molecule has 0 saturated carbocycles. The molecule has 1 aromatic heterocycles. The average molecular weight is 434 g/mol. The first-order valence-corrected chi connectivity index (χ1v) is 8.42. The Hall–Kier alpha value is -2.13. The minimum Gasteiger partial charge on any atom is -0.480 e. The number of hydrogen-bond donors (Lipinski definition) is 2. The van der Waals surface area contributed by atoms with Gasteiger partial charge in [-0.2, -0.15) is 5.10 Å². The molecule has 3 N–H and O–H groups in total. The number of esters is 1. The lowest BCUT2D eigenvalue weighted by molar-refractivity contribution is -0.136. The number of rotatable bonds is 6. The lowest BCUT2D eigenvalue weighted by atomic mass is 10.3. The molecule has 0 aliphatic heterocycles. The van der Waals surface area contributed by atoms with Gasteiger partial charge in [-0.05, 0) is 30.4 Å². The Labute approximate surface area is 169 Å². The second-order valence-corrected chi connectivity index (χ2v) is 6.27. The summed E-state index contributed by atoms with van der Waals surface area (Å²) in [6.07, 6.45) is 2.76. The standard InChI is InChI=1S/C15H11Cl3N4O3S/c16-10-3-12(18)13(4-11(10)17)24-7-14(23)25-9-2-1-8(20-6-9)5-21-22-15(19)26/h1-6H,7H2,(H3,19,22,26)/b21-5-. The monoisotopic (exact) mass is 432 g/mol. The van der Waals surface area contributed by atoms with E-state index in [0.29, 0.717) is 5.69 Å². The number of carbonyl (C=O) groups excluding carboxylic acids is 1. The number of pyridine rings is 1. The molecule has 0 saturated heterocycles. The maximum absolute atomic E-state index is 11.8. The third-order valence-corrected chi connectivity index (χ3v) is 3.79. The molecule has 0 radical (unpaired) electrons. The normalized spacial score (nSPS) is 10.6. The van der Waals surface area contributed by atoms with E-state index in [1.807, 2.05) is 0 Å². The summed E-state index contributed by atoms with van der Waals surface area (Å²) < 4.78 is 10.4. The van der Waals surface area contributed by atoms with Crippen LogP contribution in [0, 0.1) is 0 Å². The maximum Gasteiger partial charge on any atom is 0.349 e. The number of aromatic nitrogens is 1. The van der Waals surface area contributed by atoms with Crippen molar-refractivity contribution in [3.05, 3.63) is 51.2 Å². The van der Waals surface area contributed by atoms with E-state index >= 15 is 0 Å². The fourth-order valence-electron chi connectivity index (χ4n) is 1.60. The fraction of sp³-hybridized carbons (Fsp3) is 0.0667. The van der Waals surface area contributed by atoms with E-state index in [2.05, 4.69) is 27.7 Å². The predicted octanol–water partition coefficient (Wildman–Crippen LogP) is 3.19. The number of hydrogen-bond acceptors (Lipinski definition) is 6. The van der Waals surface area contributed by atoms with Crippen LogP contribution in [0.4, 0.5) is 0 Å². The quantitative estimate of drug-likeness (QED) is 0.237. The third-order valence-electron chi connectivity index (χ3n) is 2.68. The van der Waals surface area contributed by atoms with Crippen molar-refractivity contribution in [2.45, 2.75) is 0 Å². The Balaban J connectivity index is 1.89. The Kier molecular flexibility index (Phi) is 7.40. The van der Waals surface area contributed by atoms with Crippen molar-refractivity contribution in [1.82, 2.24) is 10.4 Å². The van der Waals surface area contributed by atoms with Crippen LogP contribution in [0.1, 0.15) is 5.69 Å². The Morgan fingerprint density at radius 2 is 2.00 bits per heavy atom. The molecule has 0 unspecified atom stereocenters. The van der Waals surface area contributed by atoms with Gasteiger partial charge in [-0.3, -0.25) is 10.4 Å². The van der Waals surface area contributed by atoms with Crippen molar-refractivity contribution in [1.29, 1.82) is 0 Å². The number of carbonyl (C=O) groups is 1. The lowest BCUT2D eigenvalue weighted by Crippen LogP contribution is -2.24. The van der Waals surface area contributed by atoms with Crippen LogP contribution in [0.5, 0.6) is 11.5 Å². The smallest absolute Gasteiger partial charge is 0.349 e. The molecule has 26 heavy (non-hydrogen) atoms. The summed E-state index contributed by atoms with van der Waals surface area (Å²) in [5.41, 5.74) is 8.13. The Bertz CT molecular complexity index is 847. The molecule has 0 aliphatic carbocycles. The van der Waals surface area contributed by atoms with Gasteiger partial charge in [0.1, 0.15) is 11.5 Å². The summed E-state index contributed by atoms with van der Waals surface area (Å²) in [5, 5.41) is 4.55. The highest BCUT2D eigenvalue weighted by Gasteiger charge is 2.11. The van der Waals surface area contributed by atoms with Gasteiger partial charge >= 0.3 is 5.97 Å². The minimum absolute atomic E-state index is 0.0360. The van der Waals surface area contributed by atoms with E-state index in [1.54, 1.807) is 12.1 Å². The summed E-state index contributed by atoms with van der Waals surface area (Å²) >= 11 is 22.3. The SMILES string of the molecule is NC(=S)N/N=C\c1ccc(OC(=O)COc2cc(Cl)c(Cl)cc2Cl)cn1. The summed E-state index contributed by atoms with van der Waals surface area (Å²) in [5.74, 6) is -0.197. The molecule has 0 spiro atoms. The average Bonchev–Trinajstić information content (AvgIpc) is 2.58. The summed E-state index contributed by atoms with van der Waals surface area (Å²) in [4.78, 5) is 15.9. The molecule has 0 fully saturated rings. The van der Waals surface area contributed by atoms with Crippen LogP contribution < -0.4 is 20.6 Å². The summed E-state index contributed by atoms with van der Waals surface area (Å²) in [7, 11) is 0. The molecule has 0 bridgehead atoms. The number of halogens is 3. The van der Waals surface area contributed by atoms with Crippen molar-refractivity contribution < 1.29 is 14.3 Å². The van der Waals surface area contributed by atoms with Crippen LogP contribution in [-0.2, 0) is 4.79 Å². The van der Waals surface area contributed by atoms with Gasteiger partial charge in [-0.1, -0.05) is 34.8 Å². The molecule has 0 atom stereocenters. The van der Waals surface area contributed by atoms with E-state index in [1.165, 1.54) is 24.5 Å². The molecule has 136 valence electrons. The van der Waals surface area contributed by atoms with Gasteiger partial charge in [-0.25, -0.2) is 4.79 Å². The Morgan fingerprint density at radius 3 is 2.65 bits per heavy atom. The van der Waals surface area contributed by atoms with Gasteiger partial charge in [0.25, 0.3) is 0 Å². The predicted molar refractivity (Wildman–Crippen MR) is 104 cm³/mol. The van der Waals surface area contributed by atoms with E-state index < -0.39 is 5.97 Å². The van der Waals surface area contributed by atoms with E-state index in [9.17, 15) is 4.79 Å². The molecular weight excluding hydrogens is 423 g/mol. The highest BCUT2D eigenvalue weighted by Crippen LogP contribution is 2.33. The van der Waals surface area contributed by atoms with Crippen molar-refractivity contribution in [3.8, 4) is 11.5 Å². The van der Waals surface area contributed by atoms with Gasteiger partial charge in [0.15, 0.2) is 11.7 Å². The van der Waals surface area contributed by atoms with Crippen LogP contribution in [0.15, 0.2) is 35.6 Å². The van der Waals surface area contributed by atoms with Gasteiger partial charge in [-0.15, -0.1) is 0 Å². The highest BCUT2D eigenvalue weighted by molar-refractivity contribution is 7.80. The number of nitrogens with one attached hydrogen (secondary N) is 1. The number of hydrazone groups is 1. The largest absolute Gasteiger partial charge is 0.480 e. The van der Waals surface area contributed by atoms with Crippen LogP contribution in [-0.4, -0.2) is 28.9 Å². The third kappa shape index (κ3) is 6.30. The number of nitrogens with two attached hydrogens (primary N) is 1. The molecule has 11 heteroatoms. The highest BCUT2D eigenvalue weighted by atomic mass is 35.5. The molecule has 0 aliphatic rings. The van der Waals surface area contributed by atoms with Gasteiger partial charge in [0.05, 0.1) is 33.2 Å². The lowest BCUT2D eigenvalue weighted by Gasteiger charge is -2.09. The number of nitrogens with zero attached hydrogens (tertiary/aromatic N) is 2. The fourth-order valence-corrected chi connectivity index (χ4v) is 2.25. The van der Waals surface area contributed by atoms with Crippen LogP contribution in [0.2, 0.25) is 15.1 Å². The minimum atomic E-state index is -0.648. The van der Waals surface area contributed by atoms with Crippen LogP contribution in [0.25, 0.3) is 0 Å². The van der Waals surface area contributed by atoms with Crippen LogP contribution in [0.3, 0.4) is 0 Å².